The molecular formula is C15H8FN3OS. The van der Waals surface area contributed by atoms with Gasteiger partial charge in [-0.05, 0) is 42.5 Å². The van der Waals surface area contributed by atoms with E-state index in [4.69, 9.17) is 17.5 Å². The summed E-state index contributed by atoms with van der Waals surface area (Å²) in [6.07, 6.45) is 0. The van der Waals surface area contributed by atoms with Crippen molar-refractivity contribution in [2.24, 2.45) is 0 Å². The highest BCUT2D eigenvalue weighted by Gasteiger charge is 2.09. The zero-order chi connectivity index (χ0) is 15.0. The van der Waals surface area contributed by atoms with Gasteiger partial charge < -0.3 is 4.98 Å². The Balaban J connectivity index is 2.39. The van der Waals surface area contributed by atoms with E-state index < -0.39 is 5.82 Å². The first kappa shape index (κ1) is 13.2. The monoisotopic (exact) mass is 297 g/mol. The summed E-state index contributed by atoms with van der Waals surface area (Å²) < 4.78 is 14.8. The molecule has 0 radical (unpaired) electrons. The standard InChI is InChI=1S/C15H8FN3OS/c16-12-6-5-10(7-9(12)8-17)19-14(20)11-3-1-2-4-13(11)18-15(19)21/h1-7H,(H,18,21). The lowest BCUT2D eigenvalue weighted by Gasteiger charge is -2.08. The summed E-state index contributed by atoms with van der Waals surface area (Å²) >= 11 is 5.19. The van der Waals surface area contributed by atoms with Gasteiger partial charge in [-0.25, -0.2) is 4.39 Å². The first-order chi connectivity index (χ1) is 10.1. The molecular weight excluding hydrogens is 289 g/mol. The number of hydrogen-bond acceptors (Lipinski definition) is 3. The quantitative estimate of drug-likeness (QED) is 0.702. The molecule has 6 heteroatoms. The highest BCUT2D eigenvalue weighted by atomic mass is 32.1. The lowest BCUT2D eigenvalue weighted by Crippen LogP contribution is -2.20. The summed E-state index contributed by atoms with van der Waals surface area (Å²) in [7, 11) is 0. The number of nitrogens with one attached hydrogen (secondary N) is 1. The molecule has 0 saturated carbocycles. The minimum atomic E-state index is -0.634. The maximum absolute atomic E-state index is 13.4. The van der Waals surface area contributed by atoms with Crippen molar-refractivity contribution >= 4 is 23.1 Å². The summed E-state index contributed by atoms with van der Waals surface area (Å²) in [5.41, 5.74) is 0.531. The summed E-state index contributed by atoms with van der Waals surface area (Å²) in [5.74, 6) is -0.634. The molecule has 0 atom stereocenters. The average molecular weight is 297 g/mol. The molecule has 3 aromatic rings. The molecule has 3 rings (SSSR count). The normalized spacial score (nSPS) is 10.5. The highest BCUT2D eigenvalue weighted by molar-refractivity contribution is 7.71. The van der Waals surface area contributed by atoms with Gasteiger partial charge in [0.2, 0.25) is 0 Å². The Morgan fingerprint density at radius 3 is 2.76 bits per heavy atom. The number of fused-ring (bicyclic) bond motifs is 1. The molecule has 2 aromatic carbocycles. The highest BCUT2D eigenvalue weighted by Crippen LogP contribution is 2.14. The molecule has 0 unspecified atom stereocenters. The number of halogens is 1. The van der Waals surface area contributed by atoms with Crippen molar-refractivity contribution in [1.82, 2.24) is 9.55 Å². The van der Waals surface area contributed by atoms with Crippen LogP contribution in [0, 0.1) is 21.9 Å². The fourth-order valence-corrected chi connectivity index (χ4v) is 2.43. The van der Waals surface area contributed by atoms with Crippen LogP contribution in [0.25, 0.3) is 16.6 Å². The van der Waals surface area contributed by atoms with Gasteiger partial charge in [0.1, 0.15) is 11.9 Å². The second-order valence-corrected chi connectivity index (χ2v) is 4.78. The van der Waals surface area contributed by atoms with E-state index in [1.54, 1.807) is 30.3 Å². The molecule has 0 amide bonds. The Labute approximate surface area is 123 Å². The van der Waals surface area contributed by atoms with Gasteiger partial charge in [-0.15, -0.1) is 0 Å². The summed E-state index contributed by atoms with van der Waals surface area (Å²) in [6, 6.07) is 12.6. The number of nitriles is 1. The van der Waals surface area contributed by atoms with E-state index >= 15 is 0 Å². The van der Waals surface area contributed by atoms with Gasteiger partial charge in [0.25, 0.3) is 5.56 Å². The van der Waals surface area contributed by atoms with Crippen LogP contribution in [-0.4, -0.2) is 9.55 Å². The fraction of sp³-hybridized carbons (Fsp3) is 0. The zero-order valence-electron chi connectivity index (χ0n) is 10.6. The fourth-order valence-electron chi connectivity index (χ4n) is 2.13. The summed E-state index contributed by atoms with van der Waals surface area (Å²) in [5, 5.41) is 9.36. The van der Waals surface area contributed by atoms with Crippen molar-refractivity contribution in [3.8, 4) is 11.8 Å². The maximum Gasteiger partial charge on any atom is 0.266 e. The Kier molecular flexibility index (Phi) is 3.12. The number of H-pyrrole nitrogens is 1. The van der Waals surface area contributed by atoms with Gasteiger partial charge in [0.15, 0.2) is 4.77 Å². The Bertz CT molecular complexity index is 1010. The lowest BCUT2D eigenvalue weighted by molar-refractivity contribution is 0.623. The molecule has 1 aromatic heterocycles. The van der Waals surface area contributed by atoms with E-state index in [1.807, 2.05) is 0 Å². The van der Waals surface area contributed by atoms with E-state index in [2.05, 4.69) is 4.98 Å². The summed E-state index contributed by atoms with van der Waals surface area (Å²) in [4.78, 5) is 15.5. The van der Waals surface area contributed by atoms with Crippen molar-refractivity contribution < 1.29 is 4.39 Å². The molecule has 0 saturated heterocycles. The van der Waals surface area contributed by atoms with E-state index in [-0.39, 0.29) is 15.9 Å². The van der Waals surface area contributed by atoms with E-state index in [0.717, 1.165) is 6.07 Å². The smallest absolute Gasteiger partial charge is 0.266 e. The predicted octanol–water partition coefficient (Wildman–Crippen LogP) is 3.06. The first-order valence-electron chi connectivity index (χ1n) is 6.06. The Morgan fingerprint density at radius 1 is 1.24 bits per heavy atom. The van der Waals surface area contributed by atoms with Gasteiger partial charge >= 0.3 is 0 Å². The largest absolute Gasteiger partial charge is 0.331 e. The van der Waals surface area contributed by atoms with Crippen LogP contribution in [0.1, 0.15) is 5.56 Å². The molecule has 1 heterocycles. The molecule has 0 aliphatic carbocycles. The number of nitrogens with zero attached hydrogens (tertiary/aromatic N) is 2. The van der Waals surface area contributed by atoms with Crippen LogP contribution in [0.4, 0.5) is 4.39 Å². The number of rotatable bonds is 1. The SMILES string of the molecule is N#Cc1cc(-n2c(=S)[nH]c3ccccc3c2=O)ccc1F. The third-order valence-corrected chi connectivity index (χ3v) is 3.42. The number of aromatic nitrogens is 2. The number of para-hydroxylation sites is 1. The molecule has 21 heavy (non-hydrogen) atoms. The topological polar surface area (TPSA) is 61.6 Å². The van der Waals surface area contributed by atoms with Crippen molar-refractivity contribution in [1.29, 1.82) is 5.26 Å². The molecule has 0 fully saturated rings. The second-order valence-electron chi connectivity index (χ2n) is 4.39. The van der Waals surface area contributed by atoms with Crippen molar-refractivity contribution in [3.05, 3.63) is 69.0 Å². The van der Waals surface area contributed by atoms with Gasteiger partial charge in [0, 0.05) is 0 Å². The van der Waals surface area contributed by atoms with Gasteiger partial charge in [-0.2, -0.15) is 5.26 Å². The Hall–Kier alpha value is -2.78. The van der Waals surface area contributed by atoms with E-state index in [0.29, 0.717) is 16.6 Å². The Morgan fingerprint density at radius 2 is 2.00 bits per heavy atom. The minimum Gasteiger partial charge on any atom is -0.331 e. The molecule has 0 bridgehead atoms. The average Bonchev–Trinajstić information content (AvgIpc) is 2.49. The van der Waals surface area contributed by atoms with Crippen LogP contribution in [0.2, 0.25) is 0 Å². The molecule has 1 N–H and O–H groups in total. The van der Waals surface area contributed by atoms with Crippen molar-refractivity contribution in [2.45, 2.75) is 0 Å². The van der Waals surface area contributed by atoms with Crippen molar-refractivity contribution in [2.75, 3.05) is 0 Å². The van der Waals surface area contributed by atoms with Gasteiger partial charge in [0.05, 0.1) is 22.2 Å². The van der Waals surface area contributed by atoms with Gasteiger partial charge in [-0.1, -0.05) is 12.1 Å². The first-order valence-corrected chi connectivity index (χ1v) is 6.47. The molecule has 4 nitrogen and oxygen atoms in total. The van der Waals surface area contributed by atoms with E-state index in [9.17, 15) is 9.18 Å². The number of hydrogen-bond donors (Lipinski definition) is 1. The third-order valence-electron chi connectivity index (χ3n) is 3.13. The summed E-state index contributed by atoms with van der Waals surface area (Å²) in [6.45, 7) is 0. The van der Waals surface area contributed by atoms with Crippen LogP contribution in [0.15, 0.2) is 47.3 Å². The molecule has 0 aliphatic rings. The lowest BCUT2D eigenvalue weighted by atomic mass is 10.2. The molecule has 102 valence electrons. The van der Waals surface area contributed by atoms with Crippen LogP contribution < -0.4 is 5.56 Å². The van der Waals surface area contributed by atoms with Crippen LogP contribution in [0.3, 0.4) is 0 Å². The van der Waals surface area contributed by atoms with Crippen LogP contribution >= 0.6 is 12.2 Å². The maximum atomic E-state index is 13.4. The minimum absolute atomic E-state index is 0.137. The molecule has 0 spiro atoms. The zero-order valence-corrected chi connectivity index (χ0v) is 11.4. The van der Waals surface area contributed by atoms with Crippen LogP contribution in [-0.2, 0) is 0 Å². The van der Waals surface area contributed by atoms with Gasteiger partial charge in [-0.3, -0.25) is 9.36 Å². The second kappa shape index (κ2) is 4.96. The third kappa shape index (κ3) is 2.14. The van der Waals surface area contributed by atoms with Crippen LogP contribution in [0.5, 0.6) is 0 Å². The number of benzene rings is 2. The molecule has 0 aliphatic heterocycles. The van der Waals surface area contributed by atoms with E-state index in [1.165, 1.54) is 16.7 Å². The number of aromatic amines is 1. The van der Waals surface area contributed by atoms with Crippen molar-refractivity contribution in [3.63, 3.8) is 0 Å². The predicted molar refractivity (Wildman–Crippen MR) is 79.4 cm³/mol.